The number of rotatable bonds is 4. The normalized spacial score (nSPS) is 10.6. The van der Waals surface area contributed by atoms with Gasteiger partial charge in [-0.15, -0.1) is 0 Å². The van der Waals surface area contributed by atoms with Crippen LogP contribution in [0.2, 0.25) is 0 Å². The first-order valence-electron chi connectivity index (χ1n) is 6.72. The lowest BCUT2D eigenvalue weighted by Gasteiger charge is -2.04. The second-order valence-corrected chi connectivity index (χ2v) is 4.60. The summed E-state index contributed by atoms with van der Waals surface area (Å²) in [6.07, 6.45) is 0.724. The van der Waals surface area contributed by atoms with Gasteiger partial charge in [0.25, 0.3) is 5.91 Å². The van der Waals surface area contributed by atoms with Crippen LogP contribution in [-0.2, 0) is 6.42 Å². The maximum absolute atomic E-state index is 12.1. The Morgan fingerprint density at radius 2 is 2.18 bits per heavy atom. The zero-order valence-electron chi connectivity index (χ0n) is 11.8. The molecule has 0 fully saturated rings. The topological polar surface area (TPSA) is 101 Å². The Hall–Kier alpha value is -3.09. The van der Waals surface area contributed by atoms with E-state index in [-0.39, 0.29) is 11.7 Å². The Morgan fingerprint density at radius 1 is 1.32 bits per heavy atom. The minimum Gasteiger partial charge on any atom is -0.456 e. The van der Waals surface area contributed by atoms with Crippen molar-refractivity contribution in [3.05, 3.63) is 58.5 Å². The number of aromatic nitrogens is 2. The van der Waals surface area contributed by atoms with Crippen LogP contribution in [0, 0.1) is 0 Å². The van der Waals surface area contributed by atoms with E-state index in [2.05, 4.69) is 20.0 Å². The number of hydrogen-bond donors (Lipinski definition) is 2. The number of nitrogens with zero attached hydrogens (tertiary/aromatic N) is 1. The molecule has 0 saturated carbocycles. The third-order valence-electron chi connectivity index (χ3n) is 3.07. The first-order valence-corrected chi connectivity index (χ1v) is 6.72. The fraction of sp³-hybridized carbons (Fsp3) is 0.133. The van der Waals surface area contributed by atoms with Crippen molar-refractivity contribution < 1.29 is 13.7 Å². The molecule has 2 aromatic heterocycles. The number of amides is 1. The van der Waals surface area contributed by atoms with E-state index >= 15 is 0 Å². The van der Waals surface area contributed by atoms with Crippen LogP contribution in [0.3, 0.4) is 0 Å². The monoisotopic (exact) mass is 299 g/mol. The van der Waals surface area contributed by atoms with Gasteiger partial charge in [-0.25, -0.2) is 4.79 Å². The first-order chi connectivity index (χ1) is 10.7. The highest BCUT2D eigenvalue weighted by molar-refractivity contribution is 6.02. The molecule has 22 heavy (non-hydrogen) atoms. The molecule has 7 nitrogen and oxygen atoms in total. The van der Waals surface area contributed by atoms with E-state index in [1.54, 1.807) is 36.4 Å². The molecule has 0 saturated heterocycles. The molecule has 0 aliphatic carbocycles. The molecule has 1 amide bonds. The molecule has 112 valence electrons. The number of furan rings is 1. The minimum absolute atomic E-state index is 0.247. The van der Waals surface area contributed by atoms with Crippen LogP contribution < -0.4 is 11.1 Å². The van der Waals surface area contributed by atoms with Crippen molar-refractivity contribution in [2.24, 2.45) is 0 Å². The van der Waals surface area contributed by atoms with E-state index in [1.165, 1.54) is 0 Å². The molecule has 0 unspecified atom stereocenters. The number of hydrogen-bond acceptors (Lipinski definition) is 5. The van der Waals surface area contributed by atoms with E-state index in [0.29, 0.717) is 17.1 Å². The van der Waals surface area contributed by atoms with Gasteiger partial charge in [0.2, 0.25) is 0 Å². The zero-order valence-corrected chi connectivity index (χ0v) is 11.8. The third kappa shape index (κ3) is 2.83. The van der Waals surface area contributed by atoms with Crippen LogP contribution in [0.5, 0.6) is 0 Å². The molecule has 2 N–H and O–H groups in total. The third-order valence-corrected chi connectivity index (χ3v) is 3.07. The number of aromatic amines is 1. The Kier molecular flexibility index (Phi) is 3.61. The summed E-state index contributed by atoms with van der Waals surface area (Å²) < 4.78 is 9.86. The lowest BCUT2D eigenvalue weighted by molar-refractivity contribution is 0.0995. The van der Waals surface area contributed by atoms with Gasteiger partial charge in [-0.2, -0.15) is 0 Å². The van der Waals surface area contributed by atoms with Crippen molar-refractivity contribution in [3.63, 3.8) is 0 Å². The van der Waals surface area contributed by atoms with Crippen LogP contribution in [0.1, 0.15) is 23.2 Å². The largest absolute Gasteiger partial charge is 0.456 e. The molecule has 3 aromatic rings. The number of nitrogens with one attached hydrogen (secondary N) is 2. The van der Waals surface area contributed by atoms with Crippen LogP contribution in [0.15, 0.2) is 50.1 Å². The Bertz CT molecular complexity index is 859. The molecule has 0 spiro atoms. The molecule has 0 radical (unpaired) electrons. The van der Waals surface area contributed by atoms with E-state index in [9.17, 15) is 9.59 Å². The molecular weight excluding hydrogens is 286 g/mol. The van der Waals surface area contributed by atoms with Gasteiger partial charge in [-0.1, -0.05) is 24.2 Å². The Balaban J connectivity index is 1.80. The molecule has 0 aliphatic rings. The number of aryl methyl sites for hydroxylation is 1. The Morgan fingerprint density at radius 3 is 2.86 bits per heavy atom. The summed E-state index contributed by atoms with van der Waals surface area (Å²) in [4.78, 5) is 25.5. The second kappa shape index (κ2) is 5.72. The van der Waals surface area contributed by atoms with Crippen LogP contribution >= 0.6 is 0 Å². The number of carbonyl (C=O) groups excluding carboxylic acids is 1. The van der Waals surface area contributed by atoms with Gasteiger partial charge in [0, 0.05) is 17.7 Å². The number of carbonyl (C=O) groups is 1. The van der Waals surface area contributed by atoms with Crippen molar-refractivity contribution in [3.8, 4) is 11.4 Å². The van der Waals surface area contributed by atoms with E-state index in [0.717, 1.165) is 12.2 Å². The van der Waals surface area contributed by atoms with Crippen molar-refractivity contribution >= 4 is 11.6 Å². The molecular formula is C15H13N3O4. The maximum atomic E-state index is 12.1. The molecule has 1 aromatic carbocycles. The summed E-state index contributed by atoms with van der Waals surface area (Å²) in [7, 11) is 0. The first kappa shape index (κ1) is 13.9. The second-order valence-electron chi connectivity index (χ2n) is 4.60. The highest BCUT2D eigenvalue weighted by atomic mass is 16.5. The quantitative estimate of drug-likeness (QED) is 0.770. The van der Waals surface area contributed by atoms with Crippen molar-refractivity contribution in [2.75, 3.05) is 5.32 Å². The van der Waals surface area contributed by atoms with Crippen molar-refractivity contribution in [2.45, 2.75) is 13.3 Å². The van der Waals surface area contributed by atoms with Gasteiger partial charge >= 0.3 is 5.76 Å². The average molecular weight is 299 g/mol. The van der Waals surface area contributed by atoms with Crippen LogP contribution in [0.4, 0.5) is 5.69 Å². The molecule has 3 rings (SSSR count). The van der Waals surface area contributed by atoms with E-state index in [4.69, 9.17) is 4.42 Å². The number of anilines is 1. The van der Waals surface area contributed by atoms with Gasteiger partial charge in [0.15, 0.2) is 11.6 Å². The highest BCUT2D eigenvalue weighted by Gasteiger charge is 2.12. The van der Waals surface area contributed by atoms with Gasteiger partial charge < -0.3 is 9.73 Å². The molecule has 7 heteroatoms. The van der Waals surface area contributed by atoms with Crippen molar-refractivity contribution in [1.82, 2.24) is 10.1 Å². The van der Waals surface area contributed by atoms with Gasteiger partial charge in [-0.05, 0) is 24.3 Å². The van der Waals surface area contributed by atoms with Crippen molar-refractivity contribution in [1.29, 1.82) is 0 Å². The fourth-order valence-electron chi connectivity index (χ4n) is 1.98. The minimum atomic E-state index is -0.632. The van der Waals surface area contributed by atoms with Crippen LogP contribution in [0.25, 0.3) is 11.4 Å². The summed E-state index contributed by atoms with van der Waals surface area (Å²) in [6.45, 7) is 1.95. The summed E-state index contributed by atoms with van der Waals surface area (Å²) >= 11 is 0. The summed E-state index contributed by atoms with van der Waals surface area (Å²) in [5.74, 6) is 0.321. The predicted octanol–water partition coefficient (Wildman–Crippen LogP) is 2.44. The molecule has 0 aliphatic heterocycles. The van der Waals surface area contributed by atoms with Gasteiger partial charge in [-0.3, -0.25) is 14.3 Å². The summed E-state index contributed by atoms with van der Waals surface area (Å²) in [5.41, 5.74) is 1.18. The number of H-pyrrole nitrogens is 1. The van der Waals surface area contributed by atoms with Gasteiger partial charge in [0.1, 0.15) is 5.76 Å². The Labute approximate surface area is 124 Å². The SMILES string of the molecule is CCc1ccc(C(=O)Nc2cccc(-c3noc(=O)[nH]3)c2)o1. The smallest absolute Gasteiger partial charge is 0.439 e. The average Bonchev–Trinajstić information content (AvgIpc) is 3.16. The number of benzene rings is 1. The highest BCUT2D eigenvalue weighted by Crippen LogP contribution is 2.19. The van der Waals surface area contributed by atoms with Crippen LogP contribution in [-0.4, -0.2) is 16.0 Å². The van der Waals surface area contributed by atoms with Gasteiger partial charge in [0.05, 0.1) is 0 Å². The van der Waals surface area contributed by atoms with E-state index < -0.39 is 5.76 Å². The van der Waals surface area contributed by atoms with E-state index in [1.807, 2.05) is 6.92 Å². The lowest BCUT2D eigenvalue weighted by atomic mass is 10.2. The lowest BCUT2D eigenvalue weighted by Crippen LogP contribution is -2.10. The maximum Gasteiger partial charge on any atom is 0.439 e. The summed E-state index contributed by atoms with van der Waals surface area (Å²) in [5, 5.41) is 6.33. The molecule has 2 heterocycles. The zero-order chi connectivity index (χ0) is 15.5. The summed E-state index contributed by atoms with van der Waals surface area (Å²) in [6, 6.07) is 10.3. The fourth-order valence-corrected chi connectivity index (χ4v) is 1.98. The molecule has 0 bridgehead atoms. The predicted molar refractivity (Wildman–Crippen MR) is 78.6 cm³/mol. The molecule has 0 atom stereocenters. The standard InChI is InChI=1S/C15H13N3O4/c1-2-11-6-7-12(21-11)14(19)16-10-5-3-4-9(8-10)13-17-15(20)22-18-13/h3-8H,2H2,1H3,(H,16,19)(H,17,18,20).